The Morgan fingerprint density at radius 1 is 1.29 bits per heavy atom. The van der Waals surface area contributed by atoms with Crippen molar-refractivity contribution < 1.29 is 9.18 Å². The molecule has 0 radical (unpaired) electrons. The minimum Gasteiger partial charge on any atom is -0.319 e. The highest BCUT2D eigenvalue weighted by Crippen LogP contribution is 2.37. The maximum atomic E-state index is 13.5. The van der Waals surface area contributed by atoms with Gasteiger partial charge in [-0.25, -0.2) is 4.39 Å². The molecule has 3 rings (SSSR count). The Kier molecular flexibility index (Phi) is 3.98. The summed E-state index contributed by atoms with van der Waals surface area (Å²) >= 11 is 0. The molecule has 4 atom stereocenters. The first-order chi connectivity index (χ1) is 10.1. The Morgan fingerprint density at radius 2 is 2.10 bits per heavy atom. The number of nitrogens with one attached hydrogen (secondary N) is 1. The number of halogens is 1. The van der Waals surface area contributed by atoms with Gasteiger partial charge in [-0.2, -0.15) is 0 Å². The first kappa shape index (κ1) is 14.5. The first-order valence-electron chi connectivity index (χ1n) is 7.88. The number of carbonyl (C=O) groups excluding carboxylic acids is 1. The smallest absolute Gasteiger partial charge is 0.238 e. The highest BCUT2D eigenvalue weighted by atomic mass is 19.1. The quantitative estimate of drug-likeness (QED) is 0.908. The van der Waals surface area contributed by atoms with Crippen molar-refractivity contribution in [2.75, 3.05) is 6.54 Å². The summed E-state index contributed by atoms with van der Waals surface area (Å²) in [6.07, 6.45) is 3.25. The molecule has 114 valence electrons. The summed E-state index contributed by atoms with van der Waals surface area (Å²) in [5.74, 6) is 0.998. The lowest BCUT2D eigenvalue weighted by atomic mass is 9.77. The number of benzene rings is 1. The molecule has 1 N–H and O–H groups in total. The van der Waals surface area contributed by atoms with Gasteiger partial charge in [-0.1, -0.05) is 38.8 Å². The SMILES string of the molecule is CC1CCCC(N2C(=O)CNC2c2cccc(F)c2)C1C. The van der Waals surface area contributed by atoms with E-state index in [1.165, 1.54) is 18.6 Å². The van der Waals surface area contributed by atoms with Crippen molar-refractivity contribution in [3.8, 4) is 0 Å². The fourth-order valence-electron chi connectivity index (χ4n) is 3.80. The maximum absolute atomic E-state index is 13.5. The summed E-state index contributed by atoms with van der Waals surface area (Å²) in [7, 11) is 0. The molecule has 1 saturated carbocycles. The van der Waals surface area contributed by atoms with Gasteiger partial charge in [-0.3, -0.25) is 10.1 Å². The molecule has 2 fully saturated rings. The van der Waals surface area contributed by atoms with Gasteiger partial charge < -0.3 is 4.90 Å². The predicted molar refractivity (Wildman–Crippen MR) is 80.0 cm³/mol. The molecule has 0 spiro atoms. The Hall–Kier alpha value is -1.42. The van der Waals surface area contributed by atoms with Crippen LogP contribution in [0.2, 0.25) is 0 Å². The molecule has 1 heterocycles. The largest absolute Gasteiger partial charge is 0.319 e. The van der Waals surface area contributed by atoms with Gasteiger partial charge in [0.1, 0.15) is 12.0 Å². The number of amides is 1. The molecule has 1 aliphatic heterocycles. The van der Waals surface area contributed by atoms with Crippen LogP contribution < -0.4 is 5.32 Å². The number of hydrogen-bond acceptors (Lipinski definition) is 2. The summed E-state index contributed by atoms with van der Waals surface area (Å²) in [4.78, 5) is 14.3. The molecule has 1 aliphatic carbocycles. The predicted octanol–water partition coefficient (Wildman–Crippen LogP) is 3.08. The van der Waals surface area contributed by atoms with E-state index in [0.717, 1.165) is 18.4 Å². The number of carbonyl (C=O) groups is 1. The van der Waals surface area contributed by atoms with Crippen molar-refractivity contribution in [3.63, 3.8) is 0 Å². The van der Waals surface area contributed by atoms with Gasteiger partial charge in [0.15, 0.2) is 0 Å². The van der Waals surface area contributed by atoms with E-state index >= 15 is 0 Å². The van der Waals surface area contributed by atoms with Crippen LogP contribution in [-0.2, 0) is 4.79 Å². The zero-order valence-electron chi connectivity index (χ0n) is 12.7. The van der Waals surface area contributed by atoms with Crippen LogP contribution in [0.25, 0.3) is 0 Å². The van der Waals surface area contributed by atoms with Crippen LogP contribution in [0.3, 0.4) is 0 Å². The summed E-state index contributed by atoms with van der Waals surface area (Å²) in [6, 6.07) is 6.82. The van der Waals surface area contributed by atoms with Gasteiger partial charge in [0.05, 0.1) is 6.54 Å². The van der Waals surface area contributed by atoms with Crippen molar-refractivity contribution in [3.05, 3.63) is 35.6 Å². The summed E-state index contributed by atoms with van der Waals surface area (Å²) < 4.78 is 13.5. The number of nitrogens with zero attached hydrogens (tertiary/aromatic N) is 1. The molecule has 0 bridgehead atoms. The Bertz CT molecular complexity index is 533. The first-order valence-corrected chi connectivity index (χ1v) is 7.88. The Balaban J connectivity index is 1.89. The summed E-state index contributed by atoms with van der Waals surface area (Å²) in [5, 5.41) is 3.24. The minimum absolute atomic E-state index is 0.134. The molecule has 0 aromatic heterocycles. The standard InChI is InChI=1S/C17H23FN2O/c1-11-5-3-8-15(12(11)2)20-16(21)10-19-17(20)13-6-4-7-14(18)9-13/h4,6-7,9,11-12,15,17,19H,3,5,8,10H2,1-2H3. The third kappa shape index (κ3) is 2.69. The average Bonchev–Trinajstić information content (AvgIpc) is 2.84. The van der Waals surface area contributed by atoms with Crippen molar-refractivity contribution in [2.45, 2.75) is 45.3 Å². The monoisotopic (exact) mass is 290 g/mol. The molecular weight excluding hydrogens is 267 g/mol. The number of rotatable bonds is 2. The highest BCUT2D eigenvalue weighted by Gasteiger charge is 2.41. The van der Waals surface area contributed by atoms with Gasteiger partial charge >= 0.3 is 0 Å². The van der Waals surface area contributed by atoms with E-state index in [9.17, 15) is 9.18 Å². The maximum Gasteiger partial charge on any atom is 0.238 e. The van der Waals surface area contributed by atoms with E-state index in [-0.39, 0.29) is 23.9 Å². The van der Waals surface area contributed by atoms with E-state index in [1.807, 2.05) is 11.0 Å². The van der Waals surface area contributed by atoms with Crippen LogP contribution in [-0.4, -0.2) is 23.4 Å². The van der Waals surface area contributed by atoms with E-state index in [2.05, 4.69) is 19.2 Å². The van der Waals surface area contributed by atoms with Gasteiger partial charge in [0, 0.05) is 6.04 Å². The van der Waals surface area contributed by atoms with Crippen LogP contribution in [0.5, 0.6) is 0 Å². The van der Waals surface area contributed by atoms with Crippen LogP contribution >= 0.6 is 0 Å². The second-order valence-corrected chi connectivity index (χ2v) is 6.47. The topological polar surface area (TPSA) is 32.3 Å². The van der Waals surface area contributed by atoms with Gasteiger partial charge in [-0.05, 0) is 36.0 Å². The van der Waals surface area contributed by atoms with E-state index in [4.69, 9.17) is 0 Å². The fourth-order valence-corrected chi connectivity index (χ4v) is 3.80. The second kappa shape index (κ2) is 5.76. The van der Waals surface area contributed by atoms with Crippen molar-refractivity contribution in [1.29, 1.82) is 0 Å². The van der Waals surface area contributed by atoms with Crippen molar-refractivity contribution in [2.24, 2.45) is 11.8 Å². The van der Waals surface area contributed by atoms with E-state index < -0.39 is 0 Å². The molecule has 1 saturated heterocycles. The Morgan fingerprint density at radius 3 is 2.86 bits per heavy atom. The second-order valence-electron chi connectivity index (χ2n) is 6.47. The van der Waals surface area contributed by atoms with Crippen molar-refractivity contribution in [1.82, 2.24) is 10.2 Å². The molecule has 3 nitrogen and oxygen atoms in total. The van der Waals surface area contributed by atoms with Crippen LogP contribution in [0, 0.1) is 17.7 Å². The van der Waals surface area contributed by atoms with Crippen LogP contribution in [0.1, 0.15) is 44.8 Å². The lowest BCUT2D eigenvalue weighted by molar-refractivity contribution is -0.132. The molecule has 21 heavy (non-hydrogen) atoms. The summed E-state index contributed by atoms with van der Waals surface area (Å²) in [6.45, 7) is 4.85. The molecular formula is C17H23FN2O. The molecule has 4 heteroatoms. The third-order valence-corrected chi connectivity index (χ3v) is 5.20. The normalized spacial score (nSPS) is 33.5. The zero-order chi connectivity index (χ0) is 15.0. The third-order valence-electron chi connectivity index (χ3n) is 5.20. The van der Waals surface area contributed by atoms with Crippen LogP contribution in [0.4, 0.5) is 4.39 Å². The number of hydrogen-bond donors (Lipinski definition) is 1. The average molecular weight is 290 g/mol. The minimum atomic E-state index is -0.251. The van der Waals surface area contributed by atoms with E-state index in [1.54, 1.807) is 6.07 Å². The molecule has 1 amide bonds. The highest BCUT2D eigenvalue weighted by molar-refractivity contribution is 5.81. The molecule has 1 aromatic carbocycles. The Labute approximate surface area is 125 Å². The van der Waals surface area contributed by atoms with Crippen molar-refractivity contribution >= 4 is 5.91 Å². The van der Waals surface area contributed by atoms with Crippen LogP contribution in [0.15, 0.2) is 24.3 Å². The fraction of sp³-hybridized carbons (Fsp3) is 0.588. The summed E-state index contributed by atoms with van der Waals surface area (Å²) in [5.41, 5.74) is 0.839. The molecule has 4 unspecified atom stereocenters. The van der Waals surface area contributed by atoms with E-state index in [0.29, 0.717) is 18.4 Å². The van der Waals surface area contributed by atoms with Gasteiger partial charge in [0.2, 0.25) is 5.91 Å². The molecule has 2 aliphatic rings. The lowest BCUT2D eigenvalue weighted by Crippen LogP contribution is -2.46. The zero-order valence-corrected chi connectivity index (χ0v) is 12.7. The van der Waals surface area contributed by atoms with Gasteiger partial charge in [-0.15, -0.1) is 0 Å². The van der Waals surface area contributed by atoms with Gasteiger partial charge in [0.25, 0.3) is 0 Å². The molecule has 1 aromatic rings. The lowest BCUT2D eigenvalue weighted by Gasteiger charge is -2.42.